The lowest BCUT2D eigenvalue weighted by Crippen LogP contribution is -2.63. The fraction of sp³-hybridized carbons (Fsp3) is 0.750. The van der Waals surface area contributed by atoms with E-state index in [2.05, 4.69) is 21.7 Å². The molecule has 3 aliphatic rings. The molecular weight excluding hydrogens is 202 g/mol. The maximum absolute atomic E-state index is 11.5. The van der Waals surface area contributed by atoms with Gasteiger partial charge in [-0.25, -0.2) is 0 Å². The number of carbonyl (C=O) groups is 1. The van der Waals surface area contributed by atoms with Crippen molar-refractivity contribution in [2.24, 2.45) is 0 Å². The molecule has 1 unspecified atom stereocenters. The fourth-order valence-corrected chi connectivity index (χ4v) is 2.47. The van der Waals surface area contributed by atoms with Crippen molar-refractivity contribution >= 4 is 5.91 Å². The Morgan fingerprint density at radius 1 is 1.38 bits per heavy atom. The monoisotopic (exact) mass is 223 g/mol. The van der Waals surface area contributed by atoms with Crippen LogP contribution < -0.4 is 5.32 Å². The van der Waals surface area contributed by atoms with Crippen molar-refractivity contribution in [2.75, 3.05) is 39.3 Å². The zero-order valence-electron chi connectivity index (χ0n) is 9.82. The standard InChI is InChI=1S/C12H21N3O/c1-2-3-4-12(16)13-9-11-10-14-5-7-15(11)8-6-14/h2,11H,1,3-10H2,(H,13,16). The number of hydrogen-bond acceptors (Lipinski definition) is 3. The highest BCUT2D eigenvalue weighted by Gasteiger charge is 2.31. The fourth-order valence-electron chi connectivity index (χ4n) is 2.47. The van der Waals surface area contributed by atoms with Gasteiger partial charge in [0.05, 0.1) is 0 Å². The van der Waals surface area contributed by atoms with Crippen LogP contribution in [0.5, 0.6) is 0 Å². The van der Waals surface area contributed by atoms with Gasteiger partial charge < -0.3 is 5.32 Å². The Morgan fingerprint density at radius 3 is 2.69 bits per heavy atom. The largest absolute Gasteiger partial charge is 0.354 e. The molecule has 0 aromatic heterocycles. The van der Waals surface area contributed by atoms with E-state index in [1.807, 2.05) is 0 Å². The molecule has 3 heterocycles. The molecule has 0 aromatic carbocycles. The molecule has 0 spiro atoms. The van der Waals surface area contributed by atoms with Crippen molar-refractivity contribution < 1.29 is 4.79 Å². The van der Waals surface area contributed by atoms with Crippen LogP contribution in [0.25, 0.3) is 0 Å². The van der Waals surface area contributed by atoms with Gasteiger partial charge in [0.1, 0.15) is 0 Å². The topological polar surface area (TPSA) is 35.6 Å². The van der Waals surface area contributed by atoms with E-state index >= 15 is 0 Å². The average Bonchev–Trinajstić information content (AvgIpc) is 2.35. The molecule has 0 aromatic rings. The molecule has 4 nitrogen and oxygen atoms in total. The van der Waals surface area contributed by atoms with Crippen LogP contribution in [0.2, 0.25) is 0 Å². The lowest BCUT2D eigenvalue weighted by molar-refractivity contribution is -0.121. The molecule has 3 rings (SSSR count). The van der Waals surface area contributed by atoms with Gasteiger partial charge in [-0.05, 0) is 6.42 Å². The first-order chi connectivity index (χ1) is 7.79. The normalized spacial score (nSPS) is 32.4. The van der Waals surface area contributed by atoms with Gasteiger partial charge in [0.15, 0.2) is 0 Å². The summed E-state index contributed by atoms with van der Waals surface area (Å²) in [5.74, 6) is 0.151. The highest BCUT2D eigenvalue weighted by atomic mass is 16.1. The van der Waals surface area contributed by atoms with Crippen molar-refractivity contribution in [3.8, 4) is 0 Å². The van der Waals surface area contributed by atoms with Gasteiger partial charge in [0.2, 0.25) is 5.91 Å². The van der Waals surface area contributed by atoms with Crippen LogP contribution in [0.15, 0.2) is 12.7 Å². The molecule has 16 heavy (non-hydrogen) atoms. The highest BCUT2D eigenvalue weighted by Crippen LogP contribution is 2.14. The number of nitrogens with one attached hydrogen (secondary N) is 1. The first-order valence-corrected chi connectivity index (χ1v) is 6.13. The molecule has 0 aliphatic carbocycles. The van der Waals surface area contributed by atoms with Gasteiger partial charge >= 0.3 is 0 Å². The number of piperazine rings is 3. The van der Waals surface area contributed by atoms with Crippen LogP contribution in [0, 0.1) is 0 Å². The molecule has 3 fully saturated rings. The lowest BCUT2D eigenvalue weighted by Gasteiger charge is -2.47. The minimum atomic E-state index is 0.151. The van der Waals surface area contributed by atoms with E-state index in [9.17, 15) is 4.79 Å². The van der Waals surface area contributed by atoms with Gasteiger partial charge in [-0.2, -0.15) is 0 Å². The first-order valence-electron chi connectivity index (χ1n) is 6.13. The molecule has 1 amide bonds. The van der Waals surface area contributed by atoms with Crippen molar-refractivity contribution in [3.63, 3.8) is 0 Å². The van der Waals surface area contributed by atoms with Gasteiger partial charge in [0, 0.05) is 51.7 Å². The SMILES string of the molecule is C=CCCC(=O)NCC1CN2CCN1CC2. The summed E-state index contributed by atoms with van der Waals surface area (Å²) in [6.07, 6.45) is 3.13. The summed E-state index contributed by atoms with van der Waals surface area (Å²) in [4.78, 5) is 16.4. The maximum atomic E-state index is 11.5. The van der Waals surface area contributed by atoms with Crippen molar-refractivity contribution in [2.45, 2.75) is 18.9 Å². The highest BCUT2D eigenvalue weighted by molar-refractivity contribution is 5.76. The third-order valence-electron chi connectivity index (χ3n) is 3.50. The predicted octanol–water partition coefficient (Wildman–Crippen LogP) is 0.0686. The summed E-state index contributed by atoms with van der Waals surface area (Å²) in [6.45, 7) is 10.2. The quantitative estimate of drug-likeness (QED) is 0.670. The second-order valence-corrected chi connectivity index (χ2v) is 4.62. The van der Waals surface area contributed by atoms with Crippen LogP contribution in [-0.2, 0) is 4.79 Å². The smallest absolute Gasteiger partial charge is 0.220 e. The van der Waals surface area contributed by atoms with Crippen LogP contribution in [-0.4, -0.2) is 61.0 Å². The molecule has 1 atom stereocenters. The Morgan fingerprint density at radius 2 is 2.12 bits per heavy atom. The Kier molecular flexibility index (Phi) is 3.96. The van der Waals surface area contributed by atoms with Crippen LogP contribution in [0.4, 0.5) is 0 Å². The number of fused-ring (bicyclic) bond motifs is 3. The molecule has 0 radical (unpaired) electrons. The molecule has 0 saturated carbocycles. The number of rotatable bonds is 5. The van der Waals surface area contributed by atoms with E-state index < -0.39 is 0 Å². The second kappa shape index (κ2) is 5.46. The van der Waals surface area contributed by atoms with Crippen molar-refractivity contribution in [3.05, 3.63) is 12.7 Å². The molecule has 2 bridgehead atoms. The molecule has 4 heteroatoms. The van der Waals surface area contributed by atoms with Crippen molar-refractivity contribution in [1.82, 2.24) is 15.1 Å². The van der Waals surface area contributed by atoms with E-state index in [1.54, 1.807) is 6.08 Å². The third-order valence-corrected chi connectivity index (χ3v) is 3.50. The van der Waals surface area contributed by atoms with Gasteiger partial charge in [0.25, 0.3) is 0 Å². The number of allylic oxidation sites excluding steroid dienone is 1. The number of amides is 1. The molecule has 3 saturated heterocycles. The van der Waals surface area contributed by atoms with E-state index in [4.69, 9.17) is 0 Å². The summed E-state index contributed by atoms with van der Waals surface area (Å²) in [6, 6.07) is 0.523. The average molecular weight is 223 g/mol. The minimum Gasteiger partial charge on any atom is -0.354 e. The lowest BCUT2D eigenvalue weighted by atomic mass is 10.1. The Bertz CT molecular complexity index is 259. The summed E-state index contributed by atoms with van der Waals surface area (Å²) < 4.78 is 0. The van der Waals surface area contributed by atoms with E-state index in [-0.39, 0.29) is 5.91 Å². The minimum absolute atomic E-state index is 0.151. The Labute approximate surface area is 97.3 Å². The van der Waals surface area contributed by atoms with Gasteiger partial charge in [-0.15, -0.1) is 6.58 Å². The summed E-state index contributed by atoms with van der Waals surface area (Å²) >= 11 is 0. The van der Waals surface area contributed by atoms with Crippen LogP contribution in [0.3, 0.4) is 0 Å². The number of hydrogen-bond donors (Lipinski definition) is 1. The predicted molar refractivity (Wildman–Crippen MR) is 64.2 cm³/mol. The van der Waals surface area contributed by atoms with Gasteiger partial charge in [-0.1, -0.05) is 6.08 Å². The number of carbonyl (C=O) groups excluding carboxylic acids is 1. The zero-order chi connectivity index (χ0) is 11.4. The summed E-state index contributed by atoms with van der Waals surface area (Å²) in [7, 11) is 0. The maximum Gasteiger partial charge on any atom is 0.220 e. The molecule has 90 valence electrons. The summed E-state index contributed by atoms with van der Waals surface area (Å²) in [5.41, 5.74) is 0. The van der Waals surface area contributed by atoms with Crippen molar-refractivity contribution in [1.29, 1.82) is 0 Å². The molecule has 1 N–H and O–H groups in total. The Balaban J connectivity index is 1.70. The Hall–Kier alpha value is -0.870. The molecule has 3 aliphatic heterocycles. The van der Waals surface area contributed by atoms with Crippen LogP contribution in [0.1, 0.15) is 12.8 Å². The van der Waals surface area contributed by atoms with Gasteiger partial charge in [-0.3, -0.25) is 14.6 Å². The zero-order valence-corrected chi connectivity index (χ0v) is 9.82. The third kappa shape index (κ3) is 2.83. The van der Waals surface area contributed by atoms with E-state index in [0.29, 0.717) is 12.5 Å². The molecular formula is C12H21N3O. The summed E-state index contributed by atoms with van der Waals surface area (Å²) in [5, 5.41) is 3.02. The van der Waals surface area contributed by atoms with E-state index in [1.165, 1.54) is 13.1 Å². The van der Waals surface area contributed by atoms with Crippen LogP contribution >= 0.6 is 0 Å². The first kappa shape index (κ1) is 11.6. The number of nitrogens with zero attached hydrogens (tertiary/aromatic N) is 2. The van der Waals surface area contributed by atoms with E-state index in [0.717, 1.165) is 32.6 Å². The second-order valence-electron chi connectivity index (χ2n) is 4.62.